The molecule has 0 amide bonds. The first kappa shape index (κ1) is 8.01. The van der Waals surface area contributed by atoms with Gasteiger partial charge in [-0.25, -0.2) is 4.57 Å². The average molecular weight is 219 g/mol. The predicted molar refractivity (Wildman–Crippen MR) is 35.2 cm³/mol. The number of thioether (sulfide) groups is 1. The lowest BCUT2D eigenvalue weighted by Crippen LogP contribution is -3.00. The van der Waals surface area contributed by atoms with Crippen LogP contribution in [0.5, 0.6) is 0 Å². The molecule has 0 unspecified atom stereocenters. The Morgan fingerprint density at radius 1 is 1.60 bits per heavy atom. The van der Waals surface area contributed by atoms with E-state index in [1.54, 1.807) is 0 Å². The number of halogens is 1. The molecule has 0 saturated heterocycles. The van der Waals surface area contributed by atoms with Crippen molar-refractivity contribution < 1.29 is 21.5 Å². The van der Waals surface area contributed by atoms with Crippen molar-refractivity contribution in [3.8, 4) is 0 Å². The van der Waals surface area contributed by atoms with Gasteiger partial charge in [0.1, 0.15) is 12.7 Å². The second-order valence-electron chi connectivity index (χ2n) is 1.96. The van der Waals surface area contributed by atoms with Gasteiger partial charge < -0.3 is 17.0 Å². The van der Waals surface area contributed by atoms with Crippen molar-refractivity contribution in [1.82, 2.24) is 4.98 Å². The highest BCUT2D eigenvalue weighted by molar-refractivity contribution is 7.99. The van der Waals surface area contributed by atoms with E-state index in [0.29, 0.717) is 0 Å². The van der Waals surface area contributed by atoms with Crippen molar-refractivity contribution >= 4 is 11.8 Å². The van der Waals surface area contributed by atoms with Gasteiger partial charge in [0.15, 0.2) is 5.03 Å². The lowest BCUT2D eigenvalue weighted by Gasteiger charge is -1.86. The van der Waals surface area contributed by atoms with Crippen LogP contribution in [0.4, 0.5) is 0 Å². The van der Waals surface area contributed by atoms with E-state index in [4.69, 9.17) is 0 Å². The first-order valence-electron chi connectivity index (χ1n) is 2.93. The van der Waals surface area contributed by atoms with Gasteiger partial charge in [-0.2, -0.15) is 0 Å². The normalized spacial score (nSPS) is 14.0. The summed E-state index contributed by atoms with van der Waals surface area (Å²) in [5.41, 5.74) is 0. The zero-order valence-electron chi connectivity index (χ0n) is 5.33. The van der Waals surface area contributed by atoms with Gasteiger partial charge in [-0.3, -0.25) is 0 Å². The molecule has 1 aromatic rings. The van der Waals surface area contributed by atoms with Gasteiger partial charge in [-0.05, 0) is 0 Å². The van der Waals surface area contributed by atoms with Crippen LogP contribution in [-0.4, -0.2) is 10.7 Å². The minimum atomic E-state index is 0. The summed E-state index contributed by atoms with van der Waals surface area (Å²) in [4.78, 5) is 4.01. The predicted octanol–water partition coefficient (Wildman–Crippen LogP) is -2.52. The van der Waals surface area contributed by atoms with Crippen LogP contribution in [0.2, 0.25) is 0 Å². The maximum Gasteiger partial charge on any atom is 0.286 e. The van der Waals surface area contributed by atoms with E-state index in [2.05, 4.69) is 15.6 Å². The van der Waals surface area contributed by atoms with Crippen LogP contribution in [0, 0.1) is 0 Å². The average Bonchev–Trinajstić information content (AvgIpc) is 2.33. The van der Waals surface area contributed by atoms with Gasteiger partial charge in [0, 0.05) is 11.8 Å². The molecular formula is C6H7BrN2S. The largest absolute Gasteiger partial charge is 1.00 e. The topological polar surface area (TPSA) is 16.8 Å². The minimum absolute atomic E-state index is 0. The molecule has 0 aliphatic carbocycles. The maximum absolute atomic E-state index is 4.01. The molecule has 0 atom stereocenters. The molecule has 1 aliphatic rings. The first-order valence-corrected chi connectivity index (χ1v) is 3.91. The lowest BCUT2D eigenvalue weighted by molar-refractivity contribution is -0.726. The monoisotopic (exact) mass is 218 g/mol. The fourth-order valence-electron chi connectivity index (χ4n) is 0.926. The molecule has 0 radical (unpaired) electrons. The molecule has 0 N–H and O–H groups in total. The van der Waals surface area contributed by atoms with E-state index in [9.17, 15) is 0 Å². The number of fused-ring (bicyclic) bond motifs is 1. The highest BCUT2D eigenvalue weighted by atomic mass is 79.9. The highest BCUT2D eigenvalue weighted by Crippen LogP contribution is 2.16. The summed E-state index contributed by atoms with van der Waals surface area (Å²) < 4.78 is 2.17. The maximum atomic E-state index is 4.01. The highest BCUT2D eigenvalue weighted by Gasteiger charge is 2.13. The molecule has 1 aliphatic heterocycles. The molecule has 4 heteroatoms. The third kappa shape index (κ3) is 1.32. The van der Waals surface area contributed by atoms with Crippen molar-refractivity contribution in [2.45, 2.75) is 11.6 Å². The Bertz CT molecular complexity index is 206. The summed E-state index contributed by atoms with van der Waals surface area (Å²) in [7, 11) is 0. The zero-order valence-corrected chi connectivity index (χ0v) is 7.73. The summed E-state index contributed by atoms with van der Waals surface area (Å²) >= 11 is 1.89. The number of aromatic nitrogens is 2. The molecule has 2 nitrogen and oxygen atoms in total. The number of hydrogen-bond acceptors (Lipinski definition) is 2. The Kier molecular flexibility index (Phi) is 2.68. The van der Waals surface area contributed by atoms with Crippen molar-refractivity contribution in [2.75, 3.05) is 5.75 Å². The SMILES string of the molecule is [Br-].c1cc2[n+](cn1)CCS2. The lowest BCUT2D eigenvalue weighted by atomic mass is 10.6. The second kappa shape index (κ2) is 3.34. The van der Waals surface area contributed by atoms with Crippen LogP contribution in [0.1, 0.15) is 0 Å². The second-order valence-corrected chi connectivity index (χ2v) is 3.08. The van der Waals surface area contributed by atoms with E-state index in [1.807, 2.05) is 24.3 Å². The van der Waals surface area contributed by atoms with Crippen LogP contribution < -0.4 is 21.5 Å². The fraction of sp³-hybridized carbons (Fsp3) is 0.333. The molecule has 1 aromatic heterocycles. The van der Waals surface area contributed by atoms with Gasteiger partial charge in [-0.1, -0.05) is 16.7 Å². The summed E-state index contributed by atoms with van der Waals surface area (Å²) in [5, 5.41) is 1.34. The Morgan fingerprint density at radius 2 is 2.50 bits per heavy atom. The summed E-state index contributed by atoms with van der Waals surface area (Å²) in [6.07, 6.45) is 3.72. The third-order valence-electron chi connectivity index (χ3n) is 1.37. The third-order valence-corrected chi connectivity index (χ3v) is 2.43. The van der Waals surface area contributed by atoms with Crippen LogP contribution in [0.15, 0.2) is 23.6 Å². The fourth-order valence-corrected chi connectivity index (χ4v) is 1.88. The van der Waals surface area contributed by atoms with Gasteiger partial charge >= 0.3 is 0 Å². The van der Waals surface area contributed by atoms with E-state index in [1.165, 1.54) is 10.8 Å². The first-order chi connectivity index (χ1) is 4.47. The molecule has 0 saturated carbocycles. The molecule has 2 rings (SSSR count). The Balaban J connectivity index is 0.000000500. The van der Waals surface area contributed by atoms with Gasteiger partial charge in [0.05, 0.1) is 0 Å². The molecular weight excluding hydrogens is 212 g/mol. The molecule has 0 aromatic carbocycles. The Hall–Kier alpha value is -0.0900. The van der Waals surface area contributed by atoms with E-state index < -0.39 is 0 Å². The Morgan fingerprint density at radius 3 is 3.30 bits per heavy atom. The van der Waals surface area contributed by atoms with Gasteiger partial charge in [-0.15, -0.1) is 0 Å². The number of hydrogen-bond donors (Lipinski definition) is 0. The molecule has 0 bridgehead atoms. The van der Waals surface area contributed by atoms with E-state index in [-0.39, 0.29) is 17.0 Å². The van der Waals surface area contributed by atoms with E-state index >= 15 is 0 Å². The van der Waals surface area contributed by atoms with Crippen molar-refractivity contribution in [3.05, 3.63) is 18.6 Å². The molecule has 54 valence electrons. The van der Waals surface area contributed by atoms with Crippen LogP contribution in [0.25, 0.3) is 0 Å². The minimum Gasteiger partial charge on any atom is -1.00 e. The van der Waals surface area contributed by atoms with Crippen LogP contribution in [0.3, 0.4) is 0 Å². The zero-order chi connectivity index (χ0) is 6.10. The Labute approximate surface area is 74.4 Å². The summed E-state index contributed by atoms with van der Waals surface area (Å²) in [6.45, 7) is 1.12. The molecule has 0 spiro atoms. The molecule has 0 fully saturated rings. The van der Waals surface area contributed by atoms with Gasteiger partial charge in [0.2, 0.25) is 0 Å². The standard InChI is InChI=1S/C6H7N2S.BrH/c1-2-7-5-8-3-4-9-6(1)8;/h1-2,5H,3-4H2;1H/q+1;/p-1. The number of aryl methyl sites for hydroxylation is 1. The van der Waals surface area contributed by atoms with E-state index in [0.717, 1.165) is 6.54 Å². The summed E-state index contributed by atoms with van der Waals surface area (Å²) in [6, 6.07) is 2.05. The quantitative estimate of drug-likeness (QED) is 0.354. The van der Waals surface area contributed by atoms with Crippen molar-refractivity contribution in [1.29, 1.82) is 0 Å². The van der Waals surface area contributed by atoms with Crippen LogP contribution in [-0.2, 0) is 6.54 Å². The number of rotatable bonds is 0. The van der Waals surface area contributed by atoms with Crippen molar-refractivity contribution in [2.24, 2.45) is 0 Å². The molecule has 2 heterocycles. The van der Waals surface area contributed by atoms with Crippen LogP contribution >= 0.6 is 11.8 Å². The smallest absolute Gasteiger partial charge is 0.286 e. The van der Waals surface area contributed by atoms with Gasteiger partial charge in [0.25, 0.3) is 6.33 Å². The molecule has 10 heavy (non-hydrogen) atoms. The van der Waals surface area contributed by atoms with Crippen molar-refractivity contribution in [3.63, 3.8) is 0 Å². The number of nitrogens with zero attached hydrogens (tertiary/aromatic N) is 2. The summed E-state index contributed by atoms with van der Waals surface area (Å²) in [5.74, 6) is 1.20.